The fourth-order valence-electron chi connectivity index (χ4n) is 1.92. The molecule has 1 atom stereocenters. The van der Waals surface area contributed by atoms with Crippen molar-refractivity contribution in [3.63, 3.8) is 0 Å². The number of nitrogens with one attached hydrogen (secondary N) is 1. The fourth-order valence-corrected chi connectivity index (χ4v) is 1.92. The molecule has 0 saturated carbocycles. The highest BCUT2D eigenvalue weighted by Gasteiger charge is 2.16. The maximum atomic E-state index is 12.1. The molecule has 0 aliphatic carbocycles. The smallest absolute Gasteiger partial charge is 0.341 e. The molecule has 0 bridgehead atoms. The van der Waals surface area contributed by atoms with Crippen LogP contribution in [-0.4, -0.2) is 32.1 Å². The lowest BCUT2D eigenvalue weighted by Gasteiger charge is -2.14. The zero-order valence-corrected chi connectivity index (χ0v) is 12.4. The molecule has 0 fully saturated rings. The first-order valence-electron chi connectivity index (χ1n) is 6.60. The van der Waals surface area contributed by atoms with Crippen LogP contribution in [0.25, 0.3) is 0 Å². The number of methoxy groups -OCH3 is 2. The van der Waals surface area contributed by atoms with Crippen LogP contribution < -0.4 is 10.1 Å². The third-order valence-corrected chi connectivity index (χ3v) is 2.97. The van der Waals surface area contributed by atoms with Crippen LogP contribution in [0.1, 0.15) is 47.4 Å². The van der Waals surface area contributed by atoms with Gasteiger partial charge in [-0.05, 0) is 31.5 Å². The Labute approximate surface area is 119 Å². The molecule has 1 aromatic rings. The van der Waals surface area contributed by atoms with Crippen molar-refractivity contribution in [2.45, 2.75) is 32.7 Å². The average Bonchev–Trinajstić information content (AvgIpc) is 2.45. The fraction of sp³-hybridized carbons (Fsp3) is 0.467. The van der Waals surface area contributed by atoms with E-state index in [9.17, 15) is 9.59 Å². The molecule has 110 valence electrons. The van der Waals surface area contributed by atoms with Crippen molar-refractivity contribution < 1.29 is 19.1 Å². The van der Waals surface area contributed by atoms with Crippen LogP contribution >= 0.6 is 0 Å². The Morgan fingerprint density at radius 1 is 1.30 bits per heavy atom. The molecule has 5 nitrogen and oxygen atoms in total. The van der Waals surface area contributed by atoms with Crippen LogP contribution in [0.3, 0.4) is 0 Å². The second kappa shape index (κ2) is 7.53. The Bertz CT molecular complexity index is 485. The zero-order valence-electron chi connectivity index (χ0n) is 12.4. The van der Waals surface area contributed by atoms with Crippen LogP contribution in [0.4, 0.5) is 0 Å². The SMILES string of the molecule is CCCC(C)NC(=O)c1ccc(C(=O)OC)c(OC)c1. The highest BCUT2D eigenvalue weighted by Crippen LogP contribution is 2.21. The number of hydrogen-bond donors (Lipinski definition) is 1. The molecule has 0 aliphatic rings. The van der Waals surface area contributed by atoms with Crippen LogP contribution in [0, 0.1) is 0 Å². The van der Waals surface area contributed by atoms with E-state index in [0.29, 0.717) is 16.9 Å². The quantitative estimate of drug-likeness (QED) is 0.812. The maximum absolute atomic E-state index is 12.1. The van der Waals surface area contributed by atoms with E-state index in [-0.39, 0.29) is 11.9 Å². The molecule has 0 radical (unpaired) electrons. The molecule has 1 aromatic carbocycles. The summed E-state index contributed by atoms with van der Waals surface area (Å²) in [5.41, 5.74) is 0.755. The van der Waals surface area contributed by atoms with E-state index >= 15 is 0 Å². The lowest BCUT2D eigenvalue weighted by atomic mass is 10.1. The topological polar surface area (TPSA) is 64.6 Å². The molecule has 1 amide bonds. The molecule has 1 N–H and O–H groups in total. The van der Waals surface area contributed by atoms with Gasteiger partial charge in [0.2, 0.25) is 0 Å². The number of carbonyl (C=O) groups excluding carboxylic acids is 2. The standard InChI is InChI=1S/C15H21NO4/c1-5-6-10(2)16-14(17)11-7-8-12(15(18)20-4)13(9-11)19-3/h7-10H,5-6H2,1-4H3,(H,16,17). The van der Waals surface area contributed by atoms with Gasteiger partial charge in [0.15, 0.2) is 0 Å². The van der Waals surface area contributed by atoms with Gasteiger partial charge in [0.1, 0.15) is 11.3 Å². The zero-order chi connectivity index (χ0) is 15.1. The largest absolute Gasteiger partial charge is 0.496 e. The van der Waals surface area contributed by atoms with Gasteiger partial charge in [0, 0.05) is 11.6 Å². The van der Waals surface area contributed by atoms with E-state index in [4.69, 9.17) is 4.74 Å². The number of rotatable bonds is 6. The van der Waals surface area contributed by atoms with E-state index in [0.717, 1.165) is 12.8 Å². The monoisotopic (exact) mass is 279 g/mol. The van der Waals surface area contributed by atoms with E-state index in [1.165, 1.54) is 20.3 Å². The summed E-state index contributed by atoms with van der Waals surface area (Å²) < 4.78 is 9.79. The molecule has 5 heteroatoms. The van der Waals surface area contributed by atoms with E-state index < -0.39 is 5.97 Å². The third-order valence-electron chi connectivity index (χ3n) is 2.97. The van der Waals surface area contributed by atoms with Crippen LogP contribution in [0.15, 0.2) is 18.2 Å². The summed E-state index contributed by atoms with van der Waals surface area (Å²) in [5.74, 6) is -0.346. The van der Waals surface area contributed by atoms with Gasteiger partial charge in [-0.15, -0.1) is 0 Å². The Kier molecular flexibility index (Phi) is 6.03. The van der Waals surface area contributed by atoms with Gasteiger partial charge < -0.3 is 14.8 Å². The minimum atomic E-state index is -0.492. The van der Waals surface area contributed by atoms with Crippen molar-refractivity contribution in [1.82, 2.24) is 5.32 Å². The minimum absolute atomic E-state index is 0.110. The van der Waals surface area contributed by atoms with Gasteiger partial charge in [-0.3, -0.25) is 4.79 Å². The number of amides is 1. The first-order chi connectivity index (χ1) is 9.53. The van der Waals surface area contributed by atoms with Crippen molar-refractivity contribution in [2.24, 2.45) is 0 Å². The van der Waals surface area contributed by atoms with Crippen molar-refractivity contribution in [2.75, 3.05) is 14.2 Å². The number of carbonyl (C=O) groups is 2. The van der Waals surface area contributed by atoms with Gasteiger partial charge in [0.05, 0.1) is 14.2 Å². The normalized spacial score (nSPS) is 11.6. The Morgan fingerprint density at radius 3 is 2.55 bits per heavy atom. The van der Waals surface area contributed by atoms with Gasteiger partial charge >= 0.3 is 5.97 Å². The molecule has 1 unspecified atom stereocenters. The summed E-state index contributed by atoms with van der Waals surface area (Å²) in [6, 6.07) is 4.77. The molecule has 0 spiro atoms. The van der Waals surface area contributed by atoms with Crippen molar-refractivity contribution in [3.05, 3.63) is 29.3 Å². The molecular weight excluding hydrogens is 258 g/mol. The highest BCUT2D eigenvalue weighted by atomic mass is 16.5. The van der Waals surface area contributed by atoms with Crippen molar-refractivity contribution >= 4 is 11.9 Å². The lowest BCUT2D eigenvalue weighted by Crippen LogP contribution is -2.32. The molecule has 20 heavy (non-hydrogen) atoms. The first-order valence-corrected chi connectivity index (χ1v) is 6.60. The highest BCUT2D eigenvalue weighted by molar-refractivity contribution is 5.98. The molecule has 0 aromatic heterocycles. The van der Waals surface area contributed by atoms with Crippen LogP contribution in [0.5, 0.6) is 5.75 Å². The Morgan fingerprint density at radius 2 is 2.00 bits per heavy atom. The second-order valence-corrected chi connectivity index (χ2v) is 4.57. The molecular formula is C15H21NO4. The summed E-state index contributed by atoms with van der Waals surface area (Å²) >= 11 is 0. The maximum Gasteiger partial charge on any atom is 0.341 e. The Hall–Kier alpha value is -2.04. The number of esters is 1. The van der Waals surface area contributed by atoms with Gasteiger partial charge in [-0.2, -0.15) is 0 Å². The van der Waals surface area contributed by atoms with Gasteiger partial charge in [-0.1, -0.05) is 13.3 Å². The number of ether oxygens (including phenoxy) is 2. The van der Waals surface area contributed by atoms with Crippen molar-refractivity contribution in [3.8, 4) is 5.75 Å². The first kappa shape index (κ1) is 16.0. The summed E-state index contributed by atoms with van der Waals surface area (Å²) in [7, 11) is 2.75. The third kappa shape index (κ3) is 3.98. The average molecular weight is 279 g/mol. The summed E-state index contributed by atoms with van der Waals surface area (Å²) in [6.45, 7) is 4.03. The Balaban J connectivity index is 2.92. The molecule has 1 rings (SSSR count). The minimum Gasteiger partial charge on any atom is -0.496 e. The predicted octanol–water partition coefficient (Wildman–Crippen LogP) is 2.40. The van der Waals surface area contributed by atoms with E-state index in [1.807, 2.05) is 6.92 Å². The number of benzene rings is 1. The summed E-state index contributed by atoms with van der Waals surface area (Å²) in [6.07, 6.45) is 1.93. The summed E-state index contributed by atoms with van der Waals surface area (Å²) in [5, 5.41) is 2.90. The van der Waals surface area contributed by atoms with Crippen LogP contribution in [0.2, 0.25) is 0 Å². The second-order valence-electron chi connectivity index (χ2n) is 4.57. The summed E-state index contributed by atoms with van der Waals surface area (Å²) in [4.78, 5) is 23.6. The predicted molar refractivity (Wildman–Crippen MR) is 76.2 cm³/mol. The lowest BCUT2D eigenvalue weighted by molar-refractivity contribution is 0.0596. The van der Waals surface area contributed by atoms with Crippen molar-refractivity contribution in [1.29, 1.82) is 0 Å². The molecule has 0 aliphatic heterocycles. The molecule has 0 saturated heterocycles. The van der Waals surface area contributed by atoms with Crippen LogP contribution in [-0.2, 0) is 4.74 Å². The van der Waals surface area contributed by atoms with Gasteiger partial charge in [0.25, 0.3) is 5.91 Å². The van der Waals surface area contributed by atoms with E-state index in [1.54, 1.807) is 12.1 Å². The van der Waals surface area contributed by atoms with E-state index in [2.05, 4.69) is 17.0 Å². The molecule has 0 heterocycles. The van der Waals surface area contributed by atoms with Gasteiger partial charge in [-0.25, -0.2) is 4.79 Å². The number of hydrogen-bond acceptors (Lipinski definition) is 4.